The molecular formula is H2N3O10Tm. The van der Waals surface area contributed by atoms with Crippen LogP contribution in [0.5, 0.6) is 0 Å². The minimum absolute atomic E-state index is 0. The number of rotatable bonds is 0. The zero-order valence-corrected chi connectivity index (χ0v) is 7.57. The van der Waals surface area contributed by atoms with Gasteiger partial charge in [-0.05, 0) is 0 Å². The molecule has 90 valence electrons. The van der Waals surface area contributed by atoms with E-state index in [1.165, 1.54) is 0 Å². The van der Waals surface area contributed by atoms with E-state index in [-0.39, 0.29) is 42.4 Å². The summed E-state index contributed by atoms with van der Waals surface area (Å²) in [7, 11) is 0. The molecular weight excluding hydrogens is 371 g/mol. The molecule has 0 unspecified atom stereocenters. The Morgan fingerprint density at radius 3 is 0.571 bits per heavy atom. The fraction of sp³-hybridized carbons (Fsp3) is 0. The number of hydrogen-bond donors (Lipinski definition) is 0. The van der Waals surface area contributed by atoms with Gasteiger partial charge in [-0.3, -0.25) is 0 Å². The van der Waals surface area contributed by atoms with Crippen LogP contribution >= 0.6 is 0 Å². The zero-order chi connectivity index (χ0) is 10.7. The van der Waals surface area contributed by atoms with Gasteiger partial charge in [0.1, 0.15) is 0 Å². The molecule has 0 aliphatic carbocycles. The van der Waals surface area contributed by atoms with Crippen LogP contribution in [0.2, 0.25) is 0 Å². The van der Waals surface area contributed by atoms with Gasteiger partial charge >= 0.3 is 36.9 Å². The second-order valence-electron chi connectivity index (χ2n) is 0.671. The molecule has 0 fully saturated rings. The molecule has 0 aliphatic heterocycles. The second-order valence-corrected chi connectivity index (χ2v) is 0.671. The fourth-order valence-electron chi connectivity index (χ4n) is 0. The van der Waals surface area contributed by atoms with Crippen LogP contribution < -0.4 is 0 Å². The molecule has 0 bridgehead atoms. The SMILES string of the molecule is O.O=[N+]([O-])[O-].O=[N+]([O-])[O-].O=[N+]([O-])[O-].[Tm+3]. The smallest absolute Gasteiger partial charge is 0.412 e. The van der Waals surface area contributed by atoms with E-state index < -0.39 is 15.3 Å². The summed E-state index contributed by atoms with van der Waals surface area (Å²) in [6.07, 6.45) is 0. The molecule has 0 aromatic rings. The topological polar surface area (TPSA) is 230 Å². The normalized spacial score (nSPS) is 5.14. The Bertz CT molecular complexity index is 113. The van der Waals surface area contributed by atoms with Crippen molar-refractivity contribution in [1.82, 2.24) is 0 Å². The Morgan fingerprint density at radius 1 is 0.571 bits per heavy atom. The van der Waals surface area contributed by atoms with Crippen molar-refractivity contribution >= 4 is 0 Å². The van der Waals surface area contributed by atoms with Crippen molar-refractivity contribution in [2.75, 3.05) is 0 Å². The van der Waals surface area contributed by atoms with Crippen LogP contribution in [0.3, 0.4) is 0 Å². The predicted octanol–water partition coefficient (Wildman–Crippen LogP) is -1.54. The van der Waals surface area contributed by atoms with Crippen molar-refractivity contribution in [1.29, 1.82) is 0 Å². The largest absolute Gasteiger partial charge is 3.00 e. The van der Waals surface area contributed by atoms with E-state index in [0.29, 0.717) is 0 Å². The number of nitrogens with zero attached hydrogens (tertiary/aromatic N) is 3. The van der Waals surface area contributed by atoms with E-state index in [1.54, 1.807) is 0 Å². The van der Waals surface area contributed by atoms with Crippen LogP contribution in [0.15, 0.2) is 0 Å². The third-order valence-corrected chi connectivity index (χ3v) is 0. The van der Waals surface area contributed by atoms with E-state index in [9.17, 15) is 0 Å². The zero-order valence-electron chi connectivity index (χ0n) is 5.79. The van der Waals surface area contributed by atoms with E-state index in [2.05, 4.69) is 0 Å². The third-order valence-electron chi connectivity index (χ3n) is 0. The molecule has 0 radical (unpaired) electrons. The molecule has 0 aromatic carbocycles. The molecule has 0 atom stereocenters. The minimum Gasteiger partial charge on any atom is -0.412 e. The van der Waals surface area contributed by atoms with Crippen LogP contribution in [-0.2, 0) is 0 Å². The van der Waals surface area contributed by atoms with Gasteiger partial charge < -0.3 is 51.4 Å². The average molecular weight is 373 g/mol. The van der Waals surface area contributed by atoms with Crippen molar-refractivity contribution in [2.24, 2.45) is 0 Å². The van der Waals surface area contributed by atoms with Crippen molar-refractivity contribution < 1.29 is 57.6 Å². The molecule has 2 N–H and O–H groups in total. The first-order chi connectivity index (χ1) is 5.20. The maximum Gasteiger partial charge on any atom is 3.00 e. The van der Waals surface area contributed by atoms with Crippen LogP contribution in [0.4, 0.5) is 0 Å². The van der Waals surface area contributed by atoms with Gasteiger partial charge in [0.2, 0.25) is 0 Å². The maximum atomic E-state index is 8.25. The summed E-state index contributed by atoms with van der Waals surface area (Å²) >= 11 is 0. The van der Waals surface area contributed by atoms with E-state index >= 15 is 0 Å². The van der Waals surface area contributed by atoms with Gasteiger partial charge in [-0.1, -0.05) is 0 Å². The van der Waals surface area contributed by atoms with E-state index in [1.807, 2.05) is 0 Å². The van der Waals surface area contributed by atoms with Crippen molar-refractivity contribution in [3.8, 4) is 0 Å². The summed E-state index contributed by atoms with van der Waals surface area (Å²) in [6, 6.07) is 0. The van der Waals surface area contributed by atoms with Crippen molar-refractivity contribution in [2.45, 2.75) is 0 Å². The first kappa shape index (κ1) is 29.3. The van der Waals surface area contributed by atoms with Crippen LogP contribution in [0, 0.1) is 82.8 Å². The third kappa shape index (κ3) is 712. The molecule has 0 heterocycles. The summed E-state index contributed by atoms with van der Waals surface area (Å²) in [6.45, 7) is 0. The quantitative estimate of drug-likeness (QED) is 0.353. The summed E-state index contributed by atoms with van der Waals surface area (Å²) in [5.41, 5.74) is 0. The predicted molar refractivity (Wildman–Crippen MR) is 34.7 cm³/mol. The Morgan fingerprint density at radius 2 is 0.571 bits per heavy atom. The summed E-state index contributed by atoms with van der Waals surface area (Å²) in [5.74, 6) is 0. The van der Waals surface area contributed by atoms with Crippen LogP contribution in [-0.4, -0.2) is 20.7 Å². The number of hydrogen-bond acceptors (Lipinski definition) is 9. The standard InChI is InChI=1S/3NO3.H2O.Tm/c3*2-1(3)4;;/h;;;1H2;/q3*-1;;+3. The van der Waals surface area contributed by atoms with Gasteiger partial charge in [-0.25, -0.2) is 0 Å². The van der Waals surface area contributed by atoms with Gasteiger partial charge in [0.15, 0.2) is 0 Å². The van der Waals surface area contributed by atoms with Crippen LogP contribution in [0.25, 0.3) is 0 Å². The van der Waals surface area contributed by atoms with Gasteiger partial charge in [-0.2, -0.15) is 0 Å². The Kier molecular flexibility index (Phi) is 47.3. The molecule has 0 saturated heterocycles. The Balaban J connectivity index is -0.0000000270. The summed E-state index contributed by atoms with van der Waals surface area (Å²) < 4.78 is 0. The van der Waals surface area contributed by atoms with Gasteiger partial charge in [0.25, 0.3) is 0 Å². The summed E-state index contributed by atoms with van der Waals surface area (Å²) in [5, 5.41) is 44.2. The monoisotopic (exact) mass is 373 g/mol. The molecule has 0 saturated carbocycles. The first-order valence-corrected chi connectivity index (χ1v) is 1.64. The van der Waals surface area contributed by atoms with Gasteiger partial charge in [-0.15, -0.1) is 0 Å². The molecule has 0 aliphatic rings. The summed E-state index contributed by atoms with van der Waals surface area (Å²) in [4.78, 5) is 24.8. The molecule has 0 spiro atoms. The van der Waals surface area contributed by atoms with Crippen molar-refractivity contribution in [3.63, 3.8) is 0 Å². The van der Waals surface area contributed by atoms with E-state index in [0.717, 1.165) is 0 Å². The molecule has 0 aromatic heterocycles. The molecule has 0 rings (SSSR count). The first-order valence-electron chi connectivity index (χ1n) is 1.64. The molecule has 0 amide bonds. The van der Waals surface area contributed by atoms with Gasteiger partial charge in [0, 0.05) is 0 Å². The van der Waals surface area contributed by atoms with Crippen molar-refractivity contribution in [3.05, 3.63) is 46.0 Å². The average Bonchev–Trinajstić information content (AvgIpc) is 1.54. The fourth-order valence-corrected chi connectivity index (χ4v) is 0. The Hall–Kier alpha value is -1.21. The second kappa shape index (κ2) is 22.6. The maximum absolute atomic E-state index is 8.25. The van der Waals surface area contributed by atoms with E-state index in [4.69, 9.17) is 46.0 Å². The van der Waals surface area contributed by atoms with Crippen LogP contribution in [0.1, 0.15) is 0 Å². The minimum atomic E-state index is -1.75. The molecule has 14 heteroatoms. The Labute approximate surface area is 103 Å². The molecule has 14 heavy (non-hydrogen) atoms. The molecule has 13 nitrogen and oxygen atoms in total. The van der Waals surface area contributed by atoms with Gasteiger partial charge in [0.05, 0.1) is 15.3 Å².